The quantitative estimate of drug-likeness (QED) is 0.671. The smallest absolute Gasteiger partial charge is 0.111 e. The van der Waals surface area contributed by atoms with Gasteiger partial charge in [-0.25, -0.2) is 4.98 Å². The van der Waals surface area contributed by atoms with Crippen molar-refractivity contribution in [3.8, 4) is 0 Å². The molecule has 1 rings (SSSR count). The van der Waals surface area contributed by atoms with Crippen LogP contribution in [0.15, 0.2) is 12.4 Å². The summed E-state index contributed by atoms with van der Waals surface area (Å²) in [7, 11) is 0. The van der Waals surface area contributed by atoms with E-state index in [4.69, 9.17) is 0 Å². The molecule has 0 saturated heterocycles. The standard InChI is InChI=1S/C14H26N2O/c1-3-5-6-7-8-9-13(17)12-14-15-10-11-16(14)4-2/h10-11,13,17H,3-9,12H2,1-2H3. The Bertz CT molecular complexity index is 296. The Labute approximate surface area is 105 Å². The van der Waals surface area contributed by atoms with Gasteiger partial charge >= 0.3 is 0 Å². The third kappa shape index (κ3) is 5.35. The highest BCUT2D eigenvalue weighted by Crippen LogP contribution is 2.10. The molecule has 1 unspecified atom stereocenters. The van der Waals surface area contributed by atoms with Crippen LogP contribution in [-0.2, 0) is 13.0 Å². The van der Waals surface area contributed by atoms with E-state index in [2.05, 4.69) is 23.4 Å². The first kappa shape index (κ1) is 14.2. The number of aliphatic hydroxyl groups excluding tert-OH is 1. The molecule has 3 heteroatoms. The minimum Gasteiger partial charge on any atom is -0.393 e. The van der Waals surface area contributed by atoms with Gasteiger partial charge in [0.1, 0.15) is 5.82 Å². The second-order valence-electron chi connectivity index (χ2n) is 4.69. The van der Waals surface area contributed by atoms with Gasteiger partial charge in [-0.1, -0.05) is 39.0 Å². The molecule has 0 saturated carbocycles. The van der Waals surface area contributed by atoms with Crippen molar-refractivity contribution in [2.24, 2.45) is 0 Å². The maximum atomic E-state index is 9.94. The molecular weight excluding hydrogens is 212 g/mol. The Hall–Kier alpha value is -0.830. The summed E-state index contributed by atoms with van der Waals surface area (Å²) in [5.41, 5.74) is 0. The van der Waals surface area contributed by atoms with Crippen molar-refractivity contribution in [2.75, 3.05) is 0 Å². The highest BCUT2D eigenvalue weighted by molar-refractivity contribution is 4.93. The van der Waals surface area contributed by atoms with Crippen LogP contribution in [0.2, 0.25) is 0 Å². The minimum absolute atomic E-state index is 0.232. The molecule has 1 aromatic rings. The summed E-state index contributed by atoms with van der Waals surface area (Å²) in [5, 5.41) is 9.94. The van der Waals surface area contributed by atoms with Crippen molar-refractivity contribution in [1.82, 2.24) is 9.55 Å². The predicted molar refractivity (Wildman–Crippen MR) is 71.0 cm³/mol. The molecule has 0 amide bonds. The van der Waals surface area contributed by atoms with Gasteiger partial charge in [0.05, 0.1) is 6.10 Å². The molecular formula is C14H26N2O. The normalized spacial score (nSPS) is 12.9. The summed E-state index contributed by atoms with van der Waals surface area (Å²) in [4.78, 5) is 4.29. The monoisotopic (exact) mass is 238 g/mol. The second kappa shape index (κ2) is 8.29. The van der Waals surface area contributed by atoms with Gasteiger partial charge in [-0.3, -0.25) is 0 Å². The lowest BCUT2D eigenvalue weighted by atomic mass is 10.1. The fourth-order valence-electron chi connectivity index (χ4n) is 2.11. The zero-order valence-electron chi connectivity index (χ0n) is 11.2. The zero-order valence-corrected chi connectivity index (χ0v) is 11.2. The van der Waals surface area contributed by atoms with Gasteiger partial charge in [-0.05, 0) is 13.3 Å². The van der Waals surface area contributed by atoms with E-state index in [0.29, 0.717) is 6.42 Å². The molecule has 0 fully saturated rings. The van der Waals surface area contributed by atoms with E-state index >= 15 is 0 Å². The Morgan fingerprint density at radius 1 is 1.24 bits per heavy atom. The first-order chi connectivity index (χ1) is 8.27. The van der Waals surface area contributed by atoms with Crippen molar-refractivity contribution < 1.29 is 5.11 Å². The number of rotatable bonds is 9. The number of hydrogen-bond donors (Lipinski definition) is 1. The van der Waals surface area contributed by atoms with Crippen molar-refractivity contribution in [2.45, 2.75) is 71.4 Å². The minimum atomic E-state index is -0.232. The molecule has 17 heavy (non-hydrogen) atoms. The Balaban J connectivity index is 2.18. The SMILES string of the molecule is CCCCCCCC(O)Cc1nccn1CC. The molecule has 1 atom stereocenters. The van der Waals surface area contributed by atoms with E-state index in [-0.39, 0.29) is 6.10 Å². The average Bonchev–Trinajstić information content (AvgIpc) is 2.76. The summed E-state index contributed by atoms with van der Waals surface area (Å²) in [6.45, 7) is 5.25. The third-order valence-corrected chi connectivity index (χ3v) is 3.20. The maximum absolute atomic E-state index is 9.94. The molecule has 1 heterocycles. The highest BCUT2D eigenvalue weighted by atomic mass is 16.3. The van der Waals surface area contributed by atoms with Gasteiger partial charge in [-0.15, -0.1) is 0 Å². The summed E-state index contributed by atoms with van der Waals surface area (Å²) in [6.07, 6.45) is 11.4. The Kier molecular flexibility index (Phi) is 6.94. The van der Waals surface area contributed by atoms with Crippen LogP contribution in [0.5, 0.6) is 0 Å². The first-order valence-corrected chi connectivity index (χ1v) is 6.96. The van der Waals surface area contributed by atoms with Crippen LogP contribution in [0.3, 0.4) is 0 Å². The van der Waals surface area contributed by atoms with E-state index in [0.717, 1.165) is 25.2 Å². The largest absolute Gasteiger partial charge is 0.393 e. The van der Waals surface area contributed by atoms with Gasteiger partial charge in [0.25, 0.3) is 0 Å². The van der Waals surface area contributed by atoms with Crippen LogP contribution in [0.25, 0.3) is 0 Å². The van der Waals surface area contributed by atoms with Crippen LogP contribution in [0.4, 0.5) is 0 Å². The molecule has 1 aromatic heterocycles. The third-order valence-electron chi connectivity index (χ3n) is 3.20. The first-order valence-electron chi connectivity index (χ1n) is 6.96. The molecule has 1 N–H and O–H groups in total. The molecule has 0 aliphatic rings. The van der Waals surface area contributed by atoms with Crippen molar-refractivity contribution >= 4 is 0 Å². The van der Waals surface area contributed by atoms with Crippen LogP contribution in [0, 0.1) is 0 Å². The summed E-state index contributed by atoms with van der Waals surface area (Å²) >= 11 is 0. The molecule has 3 nitrogen and oxygen atoms in total. The number of nitrogens with zero attached hydrogens (tertiary/aromatic N) is 2. The lowest BCUT2D eigenvalue weighted by molar-refractivity contribution is 0.157. The van der Waals surface area contributed by atoms with Crippen molar-refractivity contribution in [3.63, 3.8) is 0 Å². The maximum Gasteiger partial charge on any atom is 0.111 e. The molecule has 98 valence electrons. The van der Waals surface area contributed by atoms with E-state index in [9.17, 15) is 5.11 Å². The van der Waals surface area contributed by atoms with Crippen LogP contribution < -0.4 is 0 Å². The second-order valence-corrected chi connectivity index (χ2v) is 4.69. The van der Waals surface area contributed by atoms with Crippen molar-refractivity contribution in [1.29, 1.82) is 0 Å². The molecule has 0 aliphatic heterocycles. The number of aliphatic hydroxyl groups is 1. The van der Waals surface area contributed by atoms with E-state index in [1.165, 1.54) is 25.7 Å². The topological polar surface area (TPSA) is 38.1 Å². The molecule has 0 spiro atoms. The average molecular weight is 238 g/mol. The van der Waals surface area contributed by atoms with Gasteiger partial charge in [0.2, 0.25) is 0 Å². The van der Waals surface area contributed by atoms with Gasteiger partial charge < -0.3 is 9.67 Å². The summed E-state index contributed by atoms with van der Waals surface area (Å²) in [5.74, 6) is 1.01. The lowest BCUT2D eigenvalue weighted by Crippen LogP contribution is -2.14. The van der Waals surface area contributed by atoms with E-state index < -0.39 is 0 Å². The molecule has 0 aromatic carbocycles. The number of imidazole rings is 1. The van der Waals surface area contributed by atoms with Gasteiger partial charge in [0.15, 0.2) is 0 Å². The van der Waals surface area contributed by atoms with Crippen LogP contribution in [-0.4, -0.2) is 20.8 Å². The lowest BCUT2D eigenvalue weighted by Gasteiger charge is -2.11. The summed E-state index contributed by atoms with van der Waals surface area (Å²) in [6, 6.07) is 0. The number of aryl methyl sites for hydroxylation is 1. The molecule has 0 bridgehead atoms. The number of hydrogen-bond acceptors (Lipinski definition) is 2. The fraction of sp³-hybridized carbons (Fsp3) is 0.786. The van der Waals surface area contributed by atoms with Crippen molar-refractivity contribution in [3.05, 3.63) is 18.2 Å². The zero-order chi connectivity index (χ0) is 12.5. The van der Waals surface area contributed by atoms with Gasteiger partial charge in [-0.2, -0.15) is 0 Å². The summed E-state index contributed by atoms with van der Waals surface area (Å²) < 4.78 is 2.10. The Morgan fingerprint density at radius 2 is 2.00 bits per heavy atom. The molecule has 0 radical (unpaired) electrons. The number of aromatic nitrogens is 2. The van der Waals surface area contributed by atoms with Crippen LogP contribution >= 0.6 is 0 Å². The van der Waals surface area contributed by atoms with E-state index in [1.807, 2.05) is 12.4 Å². The fourth-order valence-corrected chi connectivity index (χ4v) is 2.11. The number of unbranched alkanes of at least 4 members (excludes halogenated alkanes) is 4. The highest BCUT2D eigenvalue weighted by Gasteiger charge is 2.09. The van der Waals surface area contributed by atoms with E-state index in [1.54, 1.807) is 0 Å². The molecule has 0 aliphatic carbocycles. The predicted octanol–water partition coefficient (Wildman–Crippen LogP) is 3.17. The van der Waals surface area contributed by atoms with Crippen LogP contribution in [0.1, 0.15) is 58.2 Å². The Morgan fingerprint density at radius 3 is 2.71 bits per heavy atom. The van der Waals surface area contributed by atoms with Gasteiger partial charge in [0, 0.05) is 25.4 Å².